The maximum Gasteiger partial charge on any atom is 0.416 e. The third kappa shape index (κ3) is 6.68. The molecule has 5 nitrogen and oxygen atoms in total. The molecule has 0 unspecified atom stereocenters. The number of rotatable bonds is 7. The number of alkyl halides is 3. The van der Waals surface area contributed by atoms with Crippen LogP contribution in [0.2, 0.25) is 10.0 Å². The lowest BCUT2D eigenvalue weighted by molar-refractivity contribution is -0.137. The fraction of sp³-hybridized carbons (Fsp3) is 0.208. The van der Waals surface area contributed by atoms with Crippen molar-refractivity contribution < 1.29 is 30.6 Å². The van der Waals surface area contributed by atoms with Gasteiger partial charge in [0.1, 0.15) is 10.6 Å². The van der Waals surface area contributed by atoms with Crippen molar-refractivity contribution in [2.45, 2.75) is 37.5 Å². The largest absolute Gasteiger partial charge is 0.416 e. The summed E-state index contributed by atoms with van der Waals surface area (Å²) in [6.07, 6.45) is -4.69. The van der Waals surface area contributed by atoms with Crippen LogP contribution in [0.1, 0.15) is 35.3 Å². The van der Waals surface area contributed by atoms with Crippen LogP contribution in [0.4, 0.5) is 13.2 Å². The normalized spacial score (nSPS) is 12.0. The van der Waals surface area contributed by atoms with Crippen molar-refractivity contribution >= 4 is 39.2 Å². The Kier molecular flexibility index (Phi) is 8.03. The average Bonchev–Trinajstić information content (AvgIpc) is 2.79. The quantitative estimate of drug-likeness (QED) is 0.305. The Hall–Kier alpha value is -2.75. The molecule has 0 fully saturated rings. The van der Waals surface area contributed by atoms with E-state index in [9.17, 15) is 26.4 Å². The number of carbonyl (C=O) groups excluding carboxylic acids is 1. The Morgan fingerprint density at radius 1 is 0.971 bits per heavy atom. The molecule has 0 saturated heterocycles. The van der Waals surface area contributed by atoms with Gasteiger partial charge in [0.05, 0.1) is 15.6 Å². The summed E-state index contributed by atoms with van der Waals surface area (Å²) in [6, 6.07) is 13.6. The first-order chi connectivity index (χ1) is 16.3. The second-order valence-corrected chi connectivity index (χ2v) is 10.2. The summed E-state index contributed by atoms with van der Waals surface area (Å²) in [7, 11) is -4.49. The third-order valence-electron chi connectivity index (χ3n) is 4.98. The smallest absolute Gasteiger partial charge is 0.379 e. The van der Waals surface area contributed by atoms with Crippen LogP contribution in [0.15, 0.2) is 71.6 Å². The molecule has 3 aromatic carbocycles. The molecule has 0 aliphatic rings. The van der Waals surface area contributed by atoms with Gasteiger partial charge in [0.25, 0.3) is 5.91 Å². The standard InChI is InChI=1S/C24H20Cl2F3NO4S/c1-15(2)30(23(31)17-8-11-21(25)22(26)12-17)14-16-6-9-19(10-7-16)34-35(32,33)20-5-3-4-18(13-20)24(27,28)29/h3-13,15H,14H2,1-2H3. The number of carbonyl (C=O) groups is 1. The summed E-state index contributed by atoms with van der Waals surface area (Å²) in [5.74, 6) is -0.357. The van der Waals surface area contributed by atoms with Crippen LogP contribution >= 0.6 is 23.2 Å². The number of hydrogen-bond donors (Lipinski definition) is 0. The fourth-order valence-corrected chi connectivity index (χ4v) is 4.41. The summed E-state index contributed by atoms with van der Waals surface area (Å²) < 4.78 is 68.7. The highest BCUT2D eigenvalue weighted by Gasteiger charge is 2.32. The van der Waals surface area contributed by atoms with Gasteiger partial charge in [-0.1, -0.05) is 41.4 Å². The van der Waals surface area contributed by atoms with Crippen LogP contribution in [0.3, 0.4) is 0 Å². The first-order valence-electron chi connectivity index (χ1n) is 10.2. The molecule has 0 saturated carbocycles. The molecule has 186 valence electrons. The predicted molar refractivity (Wildman–Crippen MR) is 127 cm³/mol. The highest BCUT2D eigenvalue weighted by atomic mass is 35.5. The molecule has 1 amide bonds. The highest BCUT2D eigenvalue weighted by molar-refractivity contribution is 7.87. The van der Waals surface area contributed by atoms with Gasteiger partial charge in [0.15, 0.2) is 0 Å². The maximum absolute atomic E-state index is 13.0. The summed E-state index contributed by atoms with van der Waals surface area (Å²) in [6.45, 7) is 3.89. The minimum absolute atomic E-state index is 0.0851. The predicted octanol–water partition coefficient (Wildman–Crippen LogP) is 6.83. The molecular formula is C24H20Cl2F3NO4S. The maximum atomic E-state index is 13.0. The summed E-state index contributed by atoms with van der Waals surface area (Å²) in [5.41, 5.74) is -0.0610. The lowest BCUT2D eigenvalue weighted by Crippen LogP contribution is -2.36. The van der Waals surface area contributed by atoms with Gasteiger partial charge in [-0.15, -0.1) is 0 Å². The lowest BCUT2D eigenvalue weighted by atomic mass is 10.1. The highest BCUT2D eigenvalue weighted by Crippen LogP contribution is 2.31. The zero-order chi connectivity index (χ0) is 26.0. The molecule has 3 aromatic rings. The topological polar surface area (TPSA) is 63.7 Å². The Morgan fingerprint density at radius 2 is 1.63 bits per heavy atom. The summed E-state index contributed by atoms with van der Waals surface area (Å²) in [4.78, 5) is 14.0. The second kappa shape index (κ2) is 10.5. The number of hydrogen-bond acceptors (Lipinski definition) is 4. The molecule has 0 radical (unpaired) electrons. The minimum Gasteiger partial charge on any atom is -0.379 e. The van der Waals surface area contributed by atoms with E-state index in [-0.39, 0.29) is 29.3 Å². The number of halogens is 5. The molecule has 0 atom stereocenters. The van der Waals surface area contributed by atoms with Gasteiger partial charge < -0.3 is 9.08 Å². The summed E-state index contributed by atoms with van der Waals surface area (Å²) >= 11 is 11.9. The van der Waals surface area contributed by atoms with E-state index in [1.807, 2.05) is 13.8 Å². The van der Waals surface area contributed by atoms with Gasteiger partial charge >= 0.3 is 16.3 Å². The van der Waals surface area contributed by atoms with Gasteiger partial charge in [-0.05, 0) is 67.9 Å². The van der Waals surface area contributed by atoms with E-state index in [0.29, 0.717) is 22.2 Å². The molecule has 35 heavy (non-hydrogen) atoms. The molecule has 0 heterocycles. The molecule has 0 aliphatic carbocycles. The first-order valence-corrected chi connectivity index (χ1v) is 12.4. The van der Waals surface area contributed by atoms with Crippen LogP contribution in [-0.4, -0.2) is 25.3 Å². The van der Waals surface area contributed by atoms with E-state index in [1.54, 1.807) is 23.1 Å². The van der Waals surface area contributed by atoms with Gasteiger partial charge in [-0.25, -0.2) is 0 Å². The van der Waals surface area contributed by atoms with Crippen molar-refractivity contribution in [2.75, 3.05) is 0 Å². The van der Waals surface area contributed by atoms with E-state index in [0.717, 1.165) is 18.2 Å². The first kappa shape index (κ1) is 26.8. The summed E-state index contributed by atoms with van der Waals surface area (Å²) in [5, 5.41) is 0.583. The Morgan fingerprint density at radius 3 is 2.20 bits per heavy atom. The lowest BCUT2D eigenvalue weighted by Gasteiger charge is -2.27. The van der Waals surface area contributed by atoms with Crippen LogP contribution in [-0.2, 0) is 22.8 Å². The van der Waals surface area contributed by atoms with E-state index in [4.69, 9.17) is 27.4 Å². The van der Waals surface area contributed by atoms with E-state index < -0.39 is 26.8 Å². The van der Waals surface area contributed by atoms with Crippen molar-refractivity contribution in [1.82, 2.24) is 4.90 Å². The second-order valence-electron chi connectivity index (χ2n) is 7.86. The molecule has 11 heteroatoms. The molecule has 0 spiro atoms. The van der Waals surface area contributed by atoms with Crippen LogP contribution in [0.5, 0.6) is 5.75 Å². The number of nitrogens with zero attached hydrogens (tertiary/aromatic N) is 1. The van der Waals surface area contributed by atoms with Gasteiger partial charge in [-0.2, -0.15) is 21.6 Å². The zero-order valence-electron chi connectivity index (χ0n) is 18.5. The molecule has 0 N–H and O–H groups in total. The third-order valence-corrected chi connectivity index (χ3v) is 6.97. The SMILES string of the molecule is CC(C)N(Cc1ccc(OS(=O)(=O)c2cccc(C(F)(F)F)c2)cc1)C(=O)c1ccc(Cl)c(Cl)c1. The van der Waals surface area contributed by atoms with E-state index in [1.165, 1.54) is 24.3 Å². The van der Waals surface area contributed by atoms with Gasteiger partial charge in [0, 0.05) is 18.2 Å². The fourth-order valence-electron chi connectivity index (χ4n) is 3.13. The monoisotopic (exact) mass is 545 g/mol. The van der Waals surface area contributed by atoms with Crippen molar-refractivity contribution in [3.8, 4) is 5.75 Å². The molecule has 0 aliphatic heterocycles. The van der Waals surface area contributed by atoms with Crippen molar-refractivity contribution in [1.29, 1.82) is 0 Å². The van der Waals surface area contributed by atoms with Crippen LogP contribution in [0.25, 0.3) is 0 Å². The van der Waals surface area contributed by atoms with Gasteiger partial charge in [-0.3, -0.25) is 4.79 Å². The van der Waals surface area contributed by atoms with Crippen molar-refractivity contribution in [3.63, 3.8) is 0 Å². The van der Waals surface area contributed by atoms with Crippen molar-refractivity contribution in [2.24, 2.45) is 0 Å². The molecule has 3 rings (SSSR count). The molecule has 0 bridgehead atoms. The Bertz CT molecular complexity index is 1330. The Labute approximate surface area is 211 Å². The van der Waals surface area contributed by atoms with Crippen molar-refractivity contribution in [3.05, 3.63) is 93.5 Å². The average molecular weight is 546 g/mol. The van der Waals surface area contributed by atoms with Crippen LogP contribution < -0.4 is 4.18 Å². The Balaban J connectivity index is 1.76. The molecular weight excluding hydrogens is 526 g/mol. The number of amides is 1. The van der Waals surface area contributed by atoms with Crippen LogP contribution in [0, 0.1) is 0 Å². The number of benzene rings is 3. The zero-order valence-corrected chi connectivity index (χ0v) is 20.8. The van der Waals surface area contributed by atoms with Gasteiger partial charge in [0.2, 0.25) is 0 Å². The van der Waals surface area contributed by atoms with E-state index in [2.05, 4.69) is 0 Å². The van der Waals surface area contributed by atoms with E-state index >= 15 is 0 Å². The minimum atomic E-state index is -4.69. The molecule has 0 aromatic heterocycles.